The van der Waals surface area contributed by atoms with Gasteiger partial charge in [-0.3, -0.25) is 14.9 Å². The lowest BCUT2D eigenvalue weighted by molar-refractivity contribution is -0.147. The minimum Gasteiger partial charge on any atom is -0.481 e. The number of carboxylic acids is 1. The third-order valence-electron chi connectivity index (χ3n) is 6.17. The number of hydrogen-bond acceptors (Lipinski definition) is 9. The van der Waals surface area contributed by atoms with E-state index >= 15 is 0 Å². The monoisotopic (exact) mass is 513 g/mol. The molecule has 2 amide bonds. The van der Waals surface area contributed by atoms with E-state index in [2.05, 4.69) is 25.8 Å². The summed E-state index contributed by atoms with van der Waals surface area (Å²) in [6.07, 6.45) is 3.09. The summed E-state index contributed by atoms with van der Waals surface area (Å²) in [5, 5.41) is 21.4. The zero-order valence-electron chi connectivity index (χ0n) is 20.1. The van der Waals surface area contributed by atoms with Crippen LogP contribution in [0.15, 0.2) is 28.2 Å². The van der Waals surface area contributed by atoms with Gasteiger partial charge in [-0.25, -0.2) is 14.8 Å². The van der Waals surface area contributed by atoms with E-state index in [0.717, 1.165) is 12.8 Å². The molecule has 3 heterocycles. The predicted molar refractivity (Wildman–Crippen MR) is 132 cm³/mol. The fourth-order valence-corrected chi connectivity index (χ4v) is 4.88. The highest BCUT2D eigenvalue weighted by Crippen LogP contribution is 2.34. The van der Waals surface area contributed by atoms with E-state index in [1.165, 1.54) is 11.3 Å². The molecule has 11 nitrogen and oxygen atoms in total. The fourth-order valence-electron chi connectivity index (χ4n) is 4.25. The molecule has 1 saturated carbocycles. The molecule has 3 atom stereocenters. The molecule has 1 aliphatic rings. The van der Waals surface area contributed by atoms with Gasteiger partial charge in [0, 0.05) is 11.6 Å². The first-order chi connectivity index (χ1) is 17.2. The lowest BCUT2D eigenvalue weighted by atomic mass is 9.78. The summed E-state index contributed by atoms with van der Waals surface area (Å²) in [5.74, 6) is -2.29. The van der Waals surface area contributed by atoms with Crippen LogP contribution in [0.1, 0.15) is 55.1 Å². The smallest absolute Gasteiger partial charge is 0.412 e. The van der Waals surface area contributed by atoms with Gasteiger partial charge in [-0.2, -0.15) is 0 Å². The van der Waals surface area contributed by atoms with Crippen molar-refractivity contribution in [2.45, 2.75) is 52.6 Å². The van der Waals surface area contributed by atoms with Crippen LogP contribution in [-0.4, -0.2) is 38.2 Å². The number of nitrogens with one attached hydrogen (secondary N) is 2. The molecule has 3 N–H and O–H groups in total. The maximum atomic E-state index is 12.8. The highest BCUT2D eigenvalue weighted by atomic mass is 32.1. The highest BCUT2D eigenvalue weighted by Gasteiger charge is 2.36. The minimum absolute atomic E-state index is 0.241. The first kappa shape index (κ1) is 25.3. The second kappa shape index (κ2) is 10.9. The maximum Gasteiger partial charge on any atom is 0.412 e. The van der Waals surface area contributed by atoms with Crippen molar-refractivity contribution in [2.24, 2.45) is 11.8 Å². The topological polar surface area (TPSA) is 157 Å². The number of aryl methyl sites for hydroxylation is 2. The summed E-state index contributed by atoms with van der Waals surface area (Å²) in [5.41, 5.74) is 2.14. The van der Waals surface area contributed by atoms with Crippen LogP contribution in [0.25, 0.3) is 11.5 Å². The van der Waals surface area contributed by atoms with Gasteiger partial charge in [0.15, 0.2) is 6.10 Å². The Balaban J connectivity index is 1.47. The number of pyridine rings is 1. The third-order valence-corrected chi connectivity index (χ3v) is 7.11. The SMILES string of the molecule is Cc1nc(-c2onc(C)c2NC(=O)O[C@H](C)c2nccs2)ccc1NC(=O)[C@H]1CCCC[C@@H]1C(=O)O. The lowest BCUT2D eigenvalue weighted by Crippen LogP contribution is -2.36. The molecule has 1 aliphatic carbocycles. The number of amides is 2. The summed E-state index contributed by atoms with van der Waals surface area (Å²) in [4.78, 5) is 45.6. The number of hydrogen-bond donors (Lipinski definition) is 3. The summed E-state index contributed by atoms with van der Waals surface area (Å²) >= 11 is 1.39. The maximum absolute atomic E-state index is 12.8. The average Bonchev–Trinajstić information content (AvgIpc) is 3.51. The molecular formula is C24H27N5O6S. The fraction of sp³-hybridized carbons (Fsp3) is 0.417. The highest BCUT2D eigenvalue weighted by molar-refractivity contribution is 7.09. The zero-order chi connectivity index (χ0) is 25.8. The minimum atomic E-state index is -0.944. The van der Waals surface area contributed by atoms with E-state index in [1.807, 2.05) is 0 Å². The molecule has 4 rings (SSSR count). The molecule has 190 valence electrons. The van der Waals surface area contributed by atoms with Crippen molar-refractivity contribution in [2.75, 3.05) is 10.6 Å². The third kappa shape index (κ3) is 5.54. The first-order valence-electron chi connectivity index (χ1n) is 11.6. The van der Waals surface area contributed by atoms with Crippen molar-refractivity contribution in [3.05, 3.63) is 40.1 Å². The number of aromatic nitrogens is 3. The quantitative estimate of drug-likeness (QED) is 0.398. The normalized spacial score (nSPS) is 18.3. The van der Waals surface area contributed by atoms with Crippen molar-refractivity contribution >= 4 is 40.7 Å². The molecule has 0 saturated heterocycles. The first-order valence-corrected chi connectivity index (χ1v) is 12.5. The van der Waals surface area contributed by atoms with E-state index < -0.39 is 30.0 Å². The Kier molecular flexibility index (Phi) is 7.63. The molecule has 0 unspecified atom stereocenters. The number of ether oxygens (including phenoxy) is 1. The van der Waals surface area contributed by atoms with Gasteiger partial charge < -0.3 is 19.7 Å². The van der Waals surface area contributed by atoms with Gasteiger partial charge in [0.05, 0.1) is 23.2 Å². The van der Waals surface area contributed by atoms with Gasteiger partial charge in [-0.1, -0.05) is 18.0 Å². The molecule has 0 spiro atoms. The Morgan fingerprint density at radius 2 is 1.89 bits per heavy atom. The molecule has 0 aliphatic heterocycles. The van der Waals surface area contributed by atoms with Crippen molar-refractivity contribution in [1.82, 2.24) is 15.1 Å². The number of aliphatic carboxylic acids is 1. The van der Waals surface area contributed by atoms with Gasteiger partial charge in [0.1, 0.15) is 22.1 Å². The number of carbonyl (C=O) groups excluding carboxylic acids is 2. The van der Waals surface area contributed by atoms with Gasteiger partial charge in [-0.05, 0) is 45.7 Å². The Hall–Kier alpha value is -3.80. The van der Waals surface area contributed by atoms with Gasteiger partial charge >= 0.3 is 12.1 Å². The van der Waals surface area contributed by atoms with Crippen molar-refractivity contribution in [3.63, 3.8) is 0 Å². The van der Waals surface area contributed by atoms with Gasteiger partial charge in [-0.15, -0.1) is 11.3 Å². The number of nitrogens with zero attached hydrogens (tertiary/aromatic N) is 3. The summed E-state index contributed by atoms with van der Waals surface area (Å²) < 4.78 is 10.8. The Bertz CT molecular complexity index is 1260. The number of anilines is 2. The average molecular weight is 514 g/mol. The van der Waals surface area contributed by atoms with Crippen LogP contribution in [0.3, 0.4) is 0 Å². The van der Waals surface area contributed by atoms with E-state index in [1.54, 1.807) is 44.5 Å². The number of carboxylic acid groups (broad SMARTS) is 1. The van der Waals surface area contributed by atoms with Crippen LogP contribution >= 0.6 is 11.3 Å². The Labute approximate surface area is 211 Å². The van der Waals surface area contributed by atoms with Crippen LogP contribution in [0.5, 0.6) is 0 Å². The molecule has 0 aromatic carbocycles. The van der Waals surface area contributed by atoms with Gasteiger partial charge in [0.25, 0.3) is 0 Å². The molecule has 12 heteroatoms. The van der Waals surface area contributed by atoms with Crippen molar-refractivity contribution < 1.29 is 28.8 Å². The van der Waals surface area contributed by atoms with E-state index in [0.29, 0.717) is 46.3 Å². The largest absolute Gasteiger partial charge is 0.481 e. The van der Waals surface area contributed by atoms with E-state index in [9.17, 15) is 19.5 Å². The van der Waals surface area contributed by atoms with Gasteiger partial charge in [0.2, 0.25) is 11.7 Å². The van der Waals surface area contributed by atoms with Crippen molar-refractivity contribution in [1.29, 1.82) is 0 Å². The van der Waals surface area contributed by atoms with Crippen LogP contribution in [0.4, 0.5) is 16.2 Å². The molecular weight excluding hydrogens is 486 g/mol. The predicted octanol–water partition coefficient (Wildman–Crippen LogP) is 4.95. The van der Waals surface area contributed by atoms with Crippen LogP contribution in [-0.2, 0) is 14.3 Å². The molecule has 0 bridgehead atoms. The van der Waals surface area contributed by atoms with E-state index in [4.69, 9.17) is 9.26 Å². The standard InChI is InChI=1S/C24H27N5O6S/c1-12-17(27-21(30)15-6-4-5-7-16(15)23(31)32)8-9-18(26-12)20-19(13(2)29-35-20)28-24(33)34-14(3)22-25-10-11-36-22/h8-11,14-16H,4-7H2,1-3H3,(H,27,30)(H,28,33)(H,31,32)/t14-,15+,16+/m1/s1. The van der Waals surface area contributed by atoms with Crippen molar-refractivity contribution in [3.8, 4) is 11.5 Å². The van der Waals surface area contributed by atoms with E-state index in [-0.39, 0.29) is 11.7 Å². The molecule has 1 fully saturated rings. The van der Waals surface area contributed by atoms with Crippen LogP contribution in [0, 0.1) is 25.7 Å². The number of carbonyl (C=O) groups is 3. The molecule has 3 aromatic rings. The second-order valence-electron chi connectivity index (χ2n) is 8.67. The lowest BCUT2D eigenvalue weighted by Gasteiger charge is -2.27. The Morgan fingerprint density at radius 1 is 1.14 bits per heavy atom. The number of thiazole rings is 1. The zero-order valence-corrected chi connectivity index (χ0v) is 20.9. The molecule has 36 heavy (non-hydrogen) atoms. The van der Waals surface area contributed by atoms with Crippen LogP contribution < -0.4 is 10.6 Å². The molecule has 0 radical (unpaired) electrons. The summed E-state index contributed by atoms with van der Waals surface area (Å²) in [7, 11) is 0. The summed E-state index contributed by atoms with van der Waals surface area (Å²) in [6, 6.07) is 3.30. The van der Waals surface area contributed by atoms with Crippen LogP contribution in [0.2, 0.25) is 0 Å². The molecule has 3 aromatic heterocycles. The Morgan fingerprint density at radius 3 is 2.56 bits per heavy atom. The number of rotatable bonds is 7. The second-order valence-corrected chi connectivity index (χ2v) is 9.60. The summed E-state index contributed by atoms with van der Waals surface area (Å²) in [6.45, 7) is 5.12.